The van der Waals surface area contributed by atoms with Crippen LogP contribution >= 0.6 is 11.3 Å². The van der Waals surface area contributed by atoms with Gasteiger partial charge < -0.3 is 14.6 Å². The molecule has 2 aromatic heterocycles. The SMILES string of the molecule is CCNCc1nnc(N(Cc2cccs2)C(C)C)o1. The van der Waals surface area contributed by atoms with Crippen LogP contribution in [0, 0.1) is 0 Å². The fraction of sp³-hybridized carbons (Fsp3) is 0.538. The van der Waals surface area contributed by atoms with Gasteiger partial charge in [0.15, 0.2) is 0 Å². The molecule has 0 saturated carbocycles. The van der Waals surface area contributed by atoms with Crippen LogP contribution in [0.4, 0.5) is 6.01 Å². The molecule has 0 atom stereocenters. The normalized spacial score (nSPS) is 11.2. The average Bonchev–Trinajstić information content (AvgIpc) is 3.04. The van der Waals surface area contributed by atoms with Gasteiger partial charge in [-0.1, -0.05) is 18.1 Å². The highest BCUT2D eigenvalue weighted by Crippen LogP contribution is 2.20. The average molecular weight is 280 g/mol. The van der Waals surface area contributed by atoms with E-state index < -0.39 is 0 Å². The lowest BCUT2D eigenvalue weighted by atomic mass is 10.3. The number of rotatable bonds is 7. The Morgan fingerprint density at radius 2 is 2.26 bits per heavy atom. The first-order valence-electron chi connectivity index (χ1n) is 6.52. The summed E-state index contributed by atoms with van der Waals surface area (Å²) in [5.74, 6) is 0.633. The van der Waals surface area contributed by atoms with Crippen LogP contribution in [-0.4, -0.2) is 22.8 Å². The Bertz CT molecular complexity index is 481. The molecular formula is C13H20N4OS. The van der Waals surface area contributed by atoms with Gasteiger partial charge >= 0.3 is 6.01 Å². The standard InChI is InChI=1S/C13H20N4OS/c1-4-14-8-12-15-16-13(18-12)17(10(2)3)9-11-6-5-7-19-11/h5-7,10,14H,4,8-9H2,1-3H3. The van der Waals surface area contributed by atoms with Gasteiger partial charge in [0.2, 0.25) is 5.89 Å². The summed E-state index contributed by atoms with van der Waals surface area (Å²) in [4.78, 5) is 3.41. The largest absolute Gasteiger partial charge is 0.407 e. The van der Waals surface area contributed by atoms with E-state index in [1.165, 1.54) is 4.88 Å². The molecule has 0 aromatic carbocycles. The molecule has 2 aromatic rings. The molecule has 0 radical (unpaired) electrons. The monoisotopic (exact) mass is 280 g/mol. The van der Waals surface area contributed by atoms with Gasteiger partial charge in [-0.05, 0) is 31.8 Å². The highest BCUT2D eigenvalue weighted by Gasteiger charge is 2.18. The van der Waals surface area contributed by atoms with Crippen molar-refractivity contribution in [3.05, 3.63) is 28.3 Å². The first kappa shape index (κ1) is 14.0. The number of thiophene rings is 1. The minimum absolute atomic E-state index is 0.314. The second-order valence-corrected chi connectivity index (χ2v) is 5.59. The number of hydrogen-bond acceptors (Lipinski definition) is 6. The fourth-order valence-corrected chi connectivity index (χ4v) is 2.41. The van der Waals surface area contributed by atoms with E-state index in [1.807, 2.05) is 0 Å². The van der Waals surface area contributed by atoms with Crippen molar-refractivity contribution in [3.63, 3.8) is 0 Å². The second kappa shape index (κ2) is 6.68. The predicted molar refractivity (Wildman–Crippen MR) is 77.3 cm³/mol. The van der Waals surface area contributed by atoms with Crippen LogP contribution in [0.2, 0.25) is 0 Å². The summed E-state index contributed by atoms with van der Waals surface area (Å²) < 4.78 is 5.70. The molecule has 5 nitrogen and oxygen atoms in total. The van der Waals surface area contributed by atoms with Gasteiger partial charge in [0.25, 0.3) is 0 Å². The van der Waals surface area contributed by atoms with E-state index in [0.717, 1.165) is 13.1 Å². The van der Waals surface area contributed by atoms with Crippen LogP contribution < -0.4 is 10.2 Å². The van der Waals surface area contributed by atoms with E-state index in [9.17, 15) is 0 Å². The molecule has 6 heteroatoms. The summed E-state index contributed by atoms with van der Waals surface area (Å²) in [6.07, 6.45) is 0. The molecular weight excluding hydrogens is 260 g/mol. The van der Waals surface area contributed by atoms with E-state index in [2.05, 4.69) is 58.7 Å². The van der Waals surface area contributed by atoms with Gasteiger partial charge in [0.1, 0.15) is 0 Å². The molecule has 0 bridgehead atoms. The zero-order valence-electron chi connectivity index (χ0n) is 11.6. The molecule has 0 fully saturated rings. The van der Waals surface area contributed by atoms with Crippen molar-refractivity contribution >= 4 is 17.4 Å². The first-order chi connectivity index (χ1) is 9.20. The van der Waals surface area contributed by atoms with Gasteiger partial charge in [0, 0.05) is 10.9 Å². The van der Waals surface area contributed by atoms with E-state index in [-0.39, 0.29) is 0 Å². The number of nitrogens with zero attached hydrogens (tertiary/aromatic N) is 3. The Kier molecular flexibility index (Phi) is 4.93. The Morgan fingerprint density at radius 1 is 1.42 bits per heavy atom. The molecule has 1 N–H and O–H groups in total. The van der Waals surface area contributed by atoms with Crippen molar-refractivity contribution in [3.8, 4) is 0 Å². The van der Waals surface area contributed by atoms with Crippen molar-refractivity contribution in [1.29, 1.82) is 0 Å². The van der Waals surface area contributed by atoms with Gasteiger partial charge in [-0.2, -0.15) is 0 Å². The van der Waals surface area contributed by atoms with E-state index in [0.29, 0.717) is 24.5 Å². The Balaban J connectivity index is 2.08. The molecule has 0 spiro atoms. The fourth-order valence-electron chi connectivity index (χ4n) is 1.71. The molecule has 104 valence electrons. The van der Waals surface area contributed by atoms with Crippen LogP contribution in [0.25, 0.3) is 0 Å². The minimum Gasteiger partial charge on any atom is -0.407 e. The van der Waals surface area contributed by atoms with Crippen LogP contribution in [-0.2, 0) is 13.1 Å². The molecule has 0 saturated heterocycles. The summed E-state index contributed by atoms with van der Waals surface area (Å²) in [7, 11) is 0. The summed E-state index contributed by atoms with van der Waals surface area (Å²) in [5.41, 5.74) is 0. The van der Waals surface area contributed by atoms with Gasteiger partial charge in [-0.3, -0.25) is 0 Å². The maximum absolute atomic E-state index is 5.70. The molecule has 0 unspecified atom stereocenters. The molecule has 0 aliphatic rings. The van der Waals surface area contributed by atoms with E-state index in [1.54, 1.807) is 11.3 Å². The summed E-state index contributed by atoms with van der Waals surface area (Å²) in [5, 5.41) is 13.5. The lowest BCUT2D eigenvalue weighted by Crippen LogP contribution is -2.30. The third-order valence-electron chi connectivity index (χ3n) is 2.76. The van der Waals surface area contributed by atoms with Gasteiger partial charge in [0.05, 0.1) is 13.1 Å². The maximum atomic E-state index is 5.70. The molecule has 0 amide bonds. The first-order valence-corrected chi connectivity index (χ1v) is 7.40. The summed E-state index contributed by atoms with van der Waals surface area (Å²) >= 11 is 1.74. The van der Waals surface area contributed by atoms with Crippen LogP contribution in [0.5, 0.6) is 0 Å². The highest BCUT2D eigenvalue weighted by molar-refractivity contribution is 7.09. The van der Waals surface area contributed by atoms with Crippen LogP contribution in [0.1, 0.15) is 31.5 Å². The molecule has 0 aliphatic heterocycles. The second-order valence-electron chi connectivity index (χ2n) is 4.56. The molecule has 19 heavy (non-hydrogen) atoms. The van der Waals surface area contributed by atoms with Crippen molar-refractivity contribution in [2.75, 3.05) is 11.4 Å². The zero-order valence-corrected chi connectivity index (χ0v) is 12.4. The predicted octanol–water partition coefficient (Wildman–Crippen LogP) is 2.66. The smallest absolute Gasteiger partial charge is 0.318 e. The van der Waals surface area contributed by atoms with Crippen molar-refractivity contribution in [2.24, 2.45) is 0 Å². The van der Waals surface area contributed by atoms with Crippen molar-refractivity contribution in [2.45, 2.75) is 39.9 Å². The molecule has 2 heterocycles. The third kappa shape index (κ3) is 3.78. The maximum Gasteiger partial charge on any atom is 0.318 e. The lowest BCUT2D eigenvalue weighted by molar-refractivity contribution is 0.454. The lowest BCUT2D eigenvalue weighted by Gasteiger charge is -2.23. The van der Waals surface area contributed by atoms with Crippen molar-refractivity contribution in [1.82, 2.24) is 15.5 Å². The Hall–Kier alpha value is -1.40. The summed E-state index contributed by atoms with van der Waals surface area (Å²) in [6, 6.07) is 5.09. The molecule has 2 rings (SSSR count). The highest BCUT2D eigenvalue weighted by atomic mass is 32.1. The Morgan fingerprint density at radius 3 is 2.89 bits per heavy atom. The van der Waals surface area contributed by atoms with Crippen molar-refractivity contribution < 1.29 is 4.42 Å². The number of aromatic nitrogens is 2. The Labute approximate surface area is 117 Å². The third-order valence-corrected chi connectivity index (χ3v) is 3.62. The summed E-state index contributed by atoms with van der Waals surface area (Å²) in [6.45, 7) is 8.62. The van der Waals surface area contributed by atoms with Crippen LogP contribution in [0.15, 0.2) is 21.9 Å². The van der Waals surface area contributed by atoms with E-state index in [4.69, 9.17) is 4.42 Å². The topological polar surface area (TPSA) is 54.2 Å². The van der Waals surface area contributed by atoms with Gasteiger partial charge in [-0.15, -0.1) is 16.4 Å². The van der Waals surface area contributed by atoms with E-state index >= 15 is 0 Å². The van der Waals surface area contributed by atoms with Gasteiger partial charge in [-0.25, -0.2) is 0 Å². The number of nitrogens with one attached hydrogen (secondary N) is 1. The number of anilines is 1. The van der Waals surface area contributed by atoms with Crippen LogP contribution in [0.3, 0.4) is 0 Å². The zero-order chi connectivity index (χ0) is 13.7. The molecule has 0 aliphatic carbocycles. The number of hydrogen-bond donors (Lipinski definition) is 1. The minimum atomic E-state index is 0.314. The quantitative estimate of drug-likeness (QED) is 0.845.